The first-order chi connectivity index (χ1) is 8.66. The zero-order chi connectivity index (χ0) is 13.0. The summed E-state index contributed by atoms with van der Waals surface area (Å²) in [6.07, 6.45) is 1.57. The number of nitrogens with one attached hydrogen (secondary N) is 2. The van der Waals surface area contributed by atoms with Gasteiger partial charge in [-0.3, -0.25) is 9.59 Å². The summed E-state index contributed by atoms with van der Waals surface area (Å²) in [6.45, 7) is 2.68. The lowest BCUT2D eigenvalue weighted by Gasteiger charge is -2.23. The van der Waals surface area contributed by atoms with Crippen LogP contribution in [0.1, 0.15) is 10.4 Å². The van der Waals surface area contributed by atoms with Crippen LogP contribution in [0.4, 0.5) is 0 Å². The van der Waals surface area contributed by atoms with Crippen molar-refractivity contribution in [1.82, 2.24) is 15.2 Å². The third-order valence-corrected chi connectivity index (χ3v) is 2.86. The van der Waals surface area contributed by atoms with Crippen molar-refractivity contribution in [3.8, 4) is 0 Å². The van der Waals surface area contributed by atoms with E-state index in [1.54, 1.807) is 19.3 Å². The van der Waals surface area contributed by atoms with Gasteiger partial charge in [0.05, 0.1) is 12.7 Å². The molecule has 1 saturated heterocycles. The summed E-state index contributed by atoms with van der Waals surface area (Å²) in [5.74, 6) is -0.248. The van der Waals surface area contributed by atoms with Crippen LogP contribution in [0.25, 0.3) is 0 Å². The Morgan fingerprint density at radius 1 is 1.67 bits per heavy atom. The highest BCUT2D eigenvalue weighted by Crippen LogP contribution is 1.97. The monoisotopic (exact) mass is 251 g/mol. The number of hydrogen-bond donors (Lipinski definition) is 2. The summed E-state index contributed by atoms with van der Waals surface area (Å²) in [6, 6.07) is 2.95. The van der Waals surface area contributed by atoms with Crippen LogP contribution in [-0.4, -0.2) is 42.8 Å². The quantitative estimate of drug-likeness (QED) is 0.730. The number of ether oxygens (including phenoxy) is 1. The van der Waals surface area contributed by atoms with Gasteiger partial charge in [0.1, 0.15) is 0 Å². The van der Waals surface area contributed by atoms with Gasteiger partial charge in [-0.1, -0.05) is 0 Å². The molecule has 18 heavy (non-hydrogen) atoms. The van der Waals surface area contributed by atoms with Gasteiger partial charge in [0, 0.05) is 44.5 Å². The number of aromatic nitrogens is 1. The Labute approximate surface area is 105 Å². The minimum absolute atomic E-state index is 0.00533. The third-order valence-electron chi connectivity index (χ3n) is 2.86. The van der Waals surface area contributed by atoms with Gasteiger partial charge in [0.25, 0.3) is 11.5 Å². The normalized spacial score (nSPS) is 19.5. The fourth-order valence-corrected chi connectivity index (χ4v) is 1.75. The van der Waals surface area contributed by atoms with E-state index >= 15 is 0 Å². The van der Waals surface area contributed by atoms with Crippen molar-refractivity contribution in [2.45, 2.75) is 6.10 Å². The molecular formula is C12H17N3O3. The SMILES string of the molecule is Cn1ccc(C(=O)NCC2CNCCO2)cc1=O. The van der Waals surface area contributed by atoms with E-state index in [9.17, 15) is 9.59 Å². The van der Waals surface area contributed by atoms with Gasteiger partial charge >= 0.3 is 0 Å². The highest BCUT2D eigenvalue weighted by atomic mass is 16.5. The maximum atomic E-state index is 11.8. The van der Waals surface area contributed by atoms with Gasteiger partial charge < -0.3 is 19.9 Å². The minimum Gasteiger partial charge on any atom is -0.374 e. The van der Waals surface area contributed by atoms with Gasteiger partial charge in [-0.25, -0.2) is 0 Å². The Bertz CT molecular complexity index is 478. The number of hydrogen-bond acceptors (Lipinski definition) is 4. The first-order valence-electron chi connectivity index (χ1n) is 5.94. The molecule has 0 bridgehead atoms. The van der Waals surface area contributed by atoms with Crippen LogP contribution < -0.4 is 16.2 Å². The lowest BCUT2D eigenvalue weighted by molar-refractivity contribution is 0.0287. The molecule has 2 rings (SSSR count). The lowest BCUT2D eigenvalue weighted by atomic mass is 10.2. The molecule has 1 atom stereocenters. The molecule has 1 aliphatic heterocycles. The minimum atomic E-state index is -0.248. The Morgan fingerprint density at radius 2 is 2.50 bits per heavy atom. The fourth-order valence-electron chi connectivity index (χ4n) is 1.75. The van der Waals surface area contributed by atoms with Gasteiger partial charge in [0.15, 0.2) is 0 Å². The number of morpholine rings is 1. The molecule has 1 amide bonds. The average molecular weight is 251 g/mol. The molecule has 1 fully saturated rings. The maximum Gasteiger partial charge on any atom is 0.251 e. The number of nitrogens with zero attached hydrogens (tertiary/aromatic N) is 1. The molecule has 0 saturated carbocycles. The van der Waals surface area contributed by atoms with Crippen molar-refractivity contribution < 1.29 is 9.53 Å². The van der Waals surface area contributed by atoms with E-state index in [2.05, 4.69) is 10.6 Å². The molecule has 0 aliphatic carbocycles. The first kappa shape index (κ1) is 12.8. The molecular weight excluding hydrogens is 234 g/mol. The van der Waals surface area contributed by atoms with Crippen molar-refractivity contribution >= 4 is 5.91 Å². The second kappa shape index (κ2) is 5.79. The number of pyridine rings is 1. The summed E-state index contributed by atoms with van der Waals surface area (Å²) < 4.78 is 6.89. The second-order valence-electron chi connectivity index (χ2n) is 4.27. The molecule has 1 aromatic rings. The van der Waals surface area contributed by atoms with Gasteiger partial charge in [-0.15, -0.1) is 0 Å². The molecule has 6 heteroatoms. The van der Waals surface area contributed by atoms with Crippen molar-refractivity contribution in [1.29, 1.82) is 0 Å². The Kier molecular flexibility index (Phi) is 4.11. The van der Waals surface area contributed by atoms with E-state index in [0.717, 1.165) is 13.1 Å². The molecule has 0 radical (unpaired) electrons. The Balaban J connectivity index is 1.90. The molecule has 2 heterocycles. The Hall–Kier alpha value is -1.66. The van der Waals surface area contributed by atoms with Crippen molar-refractivity contribution in [3.63, 3.8) is 0 Å². The number of aryl methyl sites for hydroxylation is 1. The number of carbonyl (C=O) groups excluding carboxylic acids is 1. The topological polar surface area (TPSA) is 72.4 Å². The van der Waals surface area contributed by atoms with Gasteiger partial charge in [-0.05, 0) is 6.07 Å². The molecule has 1 aromatic heterocycles. The summed E-state index contributed by atoms with van der Waals surface area (Å²) >= 11 is 0. The molecule has 6 nitrogen and oxygen atoms in total. The Morgan fingerprint density at radius 3 is 3.17 bits per heavy atom. The van der Waals surface area contributed by atoms with Crippen molar-refractivity contribution in [3.05, 3.63) is 34.2 Å². The smallest absolute Gasteiger partial charge is 0.251 e. The molecule has 1 aliphatic rings. The molecule has 98 valence electrons. The summed E-state index contributed by atoms with van der Waals surface area (Å²) in [4.78, 5) is 23.2. The van der Waals surface area contributed by atoms with Crippen LogP contribution in [0.5, 0.6) is 0 Å². The van der Waals surface area contributed by atoms with E-state index in [1.807, 2.05) is 0 Å². The summed E-state index contributed by atoms with van der Waals surface area (Å²) in [7, 11) is 1.64. The fraction of sp³-hybridized carbons (Fsp3) is 0.500. The predicted octanol–water partition coefficient (Wildman–Crippen LogP) is -0.896. The van der Waals surface area contributed by atoms with Crippen LogP contribution in [-0.2, 0) is 11.8 Å². The van der Waals surface area contributed by atoms with Gasteiger partial charge in [0.2, 0.25) is 0 Å². The zero-order valence-corrected chi connectivity index (χ0v) is 10.3. The van der Waals surface area contributed by atoms with Crippen LogP contribution >= 0.6 is 0 Å². The van der Waals surface area contributed by atoms with E-state index in [0.29, 0.717) is 18.7 Å². The van der Waals surface area contributed by atoms with Crippen LogP contribution in [0.2, 0.25) is 0 Å². The highest BCUT2D eigenvalue weighted by molar-refractivity contribution is 5.93. The first-order valence-corrected chi connectivity index (χ1v) is 5.94. The van der Waals surface area contributed by atoms with E-state index in [-0.39, 0.29) is 17.6 Å². The number of rotatable bonds is 3. The largest absolute Gasteiger partial charge is 0.374 e. The van der Waals surface area contributed by atoms with Crippen LogP contribution in [0.15, 0.2) is 23.1 Å². The lowest BCUT2D eigenvalue weighted by Crippen LogP contribution is -2.45. The standard InChI is InChI=1S/C12H17N3O3/c1-15-4-2-9(6-11(15)16)12(17)14-8-10-7-13-3-5-18-10/h2,4,6,10,13H,3,5,7-8H2,1H3,(H,14,17). The number of carbonyl (C=O) groups is 1. The third kappa shape index (κ3) is 3.18. The highest BCUT2D eigenvalue weighted by Gasteiger charge is 2.15. The van der Waals surface area contributed by atoms with Gasteiger partial charge in [-0.2, -0.15) is 0 Å². The van der Waals surface area contributed by atoms with Crippen molar-refractivity contribution in [2.75, 3.05) is 26.2 Å². The zero-order valence-electron chi connectivity index (χ0n) is 10.3. The number of amides is 1. The average Bonchev–Trinajstić information content (AvgIpc) is 2.40. The van der Waals surface area contributed by atoms with E-state index in [4.69, 9.17) is 4.74 Å². The maximum absolute atomic E-state index is 11.8. The predicted molar refractivity (Wildman–Crippen MR) is 66.6 cm³/mol. The molecule has 0 aromatic carbocycles. The molecule has 2 N–H and O–H groups in total. The molecule has 0 spiro atoms. The van der Waals surface area contributed by atoms with Crippen LogP contribution in [0, 0.1) is 0 Å². The van der Waals surface area contributed by atoms with Crippen LogP contribution in [0.3, 0.4) is 0 Å². The molecule has 1 unspecified atom stereocenters. The van der Waals surface area contributed by atoms with E-state index in [1.165, 1.54) is 10.6 Å². The summed E-state index contributed by atoms with van der Waals surface area (Å²) in [5, 5.41) is 5.95. The van der Waals surface area contributed by atoms with Crippen molar-refractivity contribution in [2.24, 2.45) is 7.05 Å². The van der Waals surface area contributed by atoms with E-state index < -0.39 is 0 Å². The summed E-state index contributed by atoms with van der Waals surface area (Å²) in [5.41, 5.74) is 0.181. The second-order valence-corrected chi connectivity index (χ2v) is 4.27.